The van der Waals surface area contributed by atoms with E-state index in [2.05, 4.69) is 15.4 Å². The zero-order chi connectivity index (χ0) is 23.8. The number of aromatic nitrogens is 3. The van der Waals surface area contributed by atoms with Gasteiger partial charge in [-0.1, -0.05) is 30.3 Å². The van der Waals surface area contributed by atoms with E-state index in [1.54, 1.807) is 15.6 Å². The topological polar surface area (TPSA) is 88.8 Å². The maximum Gasteiger partial charge on any atom is 0.259 e. The number of morpholine rings is 1. The molecule has 9 heteroatoms. The van der Waals surface area contributed by atoms with Gasteiger partial charge in [0.05, 0.1) is 35.7 Å². The highest BCUT2D eigenvalue weighted by Crippen LogP contribution is 2.40. The quantitative estimate of drug-likeness (QED) is 0.480. The smallest absolute Gasteiger partial charge is 0.259 e. The lowest BCUT2D eigenvalue weighted by atomic mass is 10.1. The maximum atomic E-state index is 13.5. The highest BCUT2D eigenvalue weighted by Gasteiger charge is 2.28. The standard InChI is InChI=1S/C25H25N5O3S/c1-15-13-20-26-14-19(17(3)30(20)28-15)23(31)27-24-21(25(32)29-9-11-33-12-10-29)16(2)22(34-24)18-7-5-4-6-8-18/h4-8,13-14H,9-12H2,1-3H3,(H,27,31). The number of hydrogen-bond donors (Lipinski definition) is 1. The molecule has 0 unspecified atom stereocenters. The van der Waals surface area contributed by atoms with Gasteiger partial charge in [-0.2, -0.15) is 5.10 Å². The van der Waals surface area contributed by atoms with Crippen molar-refractivity contribution >= 4 is 33.8 Å². The summed E-state index contributed by atoms with van der Waals surface area (Å²) in [6.45, 7) is 7.74. The van der Waals surface area contributed by atoms with Crippen LogP contribution in [0, 0.1) is 20.8 Å². The Morgan fingerprint density at radius 3 is 2.56 bits per heavy atom. The predicted octanol–water partition coefficient (Wildman–Crippen LogP) is 4.11. The fourth-order valence-electron chi connectivity index (χ4n) is 4.20. The Labute approximate surface area is 201 Å². The zero-order valence-electron chi connectivity index (χ0n) is 19.3. The lowest BCUT2D eigenvalue weighted by molar-refractivity contribution is 0.0303. The molecular formula is C25H25N5O3S. The Morgan fingerprint density at radius 1 is 1.09 bits per heavy atom. The third-order valence-corrected chi connectivity index (χ3v) is 7.27. The number of nitrogens with one attached hydrogen (secondary N) is 1. The fraction of sp³-hybridized carbons (Fsp3) is 0.280. The van der Waals surface area contributed by atoms with Crippen LogP contribution >= 0.6 is 11.3 Å². The Balaban J connectivity index is 1.55. The third-order valence-electron chi connectivity index (χ3n) is 6.01. The number of aryl methyl sites for hydroxylation is 2. The molecule has 3 aromatic heterocycles. The summed E-state index contributed by atoms with van der Waals surface area (Å²) in [4.78, 5) is 34.0. The molecule has 1 fully saturated rings. The largest absolute Gasteiger partial charge is 0.378 e. The third kappa shape index (κ3) is 3.97. The number of anilines is 1. The van der Waals surface area contributed by atoms with E-state index in [0.717, 1.165) is 21.7 Å². The van der Waals surface area contributed by atoms with Crippen LogP contribution in [-0.2, 0) is 4.74 Å². The van der Waals surface area contributed by atoms with E-state index in [1.807, 2.05) is 57.2 Å². The van der Waals surface area contributed by atoms with Gasteiger partial charge < -0.3 is 15.0 Å². The lowest BCUT2D eigenvalue weighted by Crippen LogP contribution is -2.41. The molecule has 34 heavy (non-hydrogen) atoms. The summed E-state index contributed by atoms with van der Waals surface area (Å²) in [6.07, 6.45) is 1.56. The summed E-state index contributed by atoms with van der Waals surface area (Å²) in [6, 6.07) is 11.8. The number of carbonyl (C=O) groups excluding carboxylic acids is 2. The Kier molecular flexibility index (Phi) is 5.89. The van der Waals surface area contributed by atoms with Gasteiger partial charge in [0.25, 0.3) is 11.8 Å². The lowest BCUT2D eigenvalue weighted by Gasteiger charge is -2.27. The van der Waals surface area contributed by atoms with Crippen LogP contribution in [-0.4, -0.2) is 57.6 Å². The normalized spacial score (nSPS) is 13.9. The fourth-order valence-corrected chi connectivity index (χ4v) is 5.40. The first kappa shape index (κ1) is 22.2. The number of amides is 2. The van der Waals surface area contributed by atoms with E-state index in [0.29, 0.717) is 53.8 Å². The summed E-state index contributed by atoms with van der Waals surface area (Å²) in [5, 5.41) is 7.98. The number of benzene rings is 1. The van der Waals surface area contributed by atoms with Crippen LogP contribution < -0.4 is 5.32 Å². The summed E-state index contributed by atoms with van der Waals surface area (Å²) < 4.78 is 7.08. The molecule has 1 N–H and O–H groups in total. The molecule has 2 amide bonds. The molecule has 0 spiro atoms. The molecule has 8 nitrogen and oxygen atoms in total. The summed E-state index contributed by atoms with van der Waals surface area (Å²) >= 11 is 1.41. The van der Waals surface area contributed by atoms with Crippen molar-refractivity contribution < 1.29 is 14.3 Å². The van der Waals surface area contributed by atoms with Crippen molar-refractivity contribution in [3.05, 3.63) is 70.7 Å². The van der Waals surface area contributed by atoms with Gasteiger partial charge in [-0.05, 0) is 31.9 Å². The molecule has 0 atom stereocenters. The minimum atomic E-state index is -0.322. The van der Waals surface area contributed by atoms with Crippen LogP contribution in [0.5, 0.6) is 0 Å². The predicted molar refractivity (Wildman–Crippen MR) is 132 cm³/mol. The van der Waals surface area contributed by atoms with Gasteiger partial charge in [0.15, 0.2) is 5.65 Å². The molecular weight excluding hydrogens is 450 g/mol. The van der Waals surface area contributed by atoms with E-state index in [9.17, 15) is 9.59 Å². The second kappa shape index (κ2) is 9.00. The van der Waals surface area contributed by atoms with Gasteiger partial charge in [-0.25, -0.2) is 9.50 Å². The molecule has 1 aliphatic rings. The van der Waals surface area contributed by atoms with Gasteiger partial charge in [-0.3, -0.25) is 9.59 Å². The molecule has 1 aliphatic heterocycles. The van der Waals surface area contributed by atoms with E-state index >= 15 is 0 Å². The van der Waals surface area contributed by atoms with Crippen LogP contribution in [0.15, 0.2) is 42.6 Å². The zero-order valence-corrected chi connectivity index (χ0v) is 20.1. The van der Waals surface area contributed by atoms with Crippen molar-refractivity contribution in [2.75, 3.05) is 31.6 Å². The van der Waals surface area contributed by atoms with Crippen molar-refractivity contribution in [2.24, 2.45) is 0 Å². The van der Waals surface area contributed by atoms with Crippen LogP contribution in [0.3, 0.4) is 0 Å². The van der Waals surface area contributed by atoms with Gasteiger partial charge in [0.1, 0.15) is 5.00 Å². The molecule has 0 saturated carbocycles. The van der Waals surface area contributed by atoms with Gasteiger partial charge in [-0.15, -0.1) is 11.3 Å². The van der Waals surface area contributed by atoms with Gasteiger partial charge >= 0.3 is 0 Å². The SMILES string of the molecule is Cc1cc2ncc(C(=O)Nc3sc(-c4ccccc4)c(C)c3C(=O)N3CCOCC3)c(C)n2n1. The second-order valence-electron chi connectivity index (χ2n) is 8.30. The molecule has 1 aromatic carbocycles. The molecule has 0 radical (unpaired) electrons. The number of hydrogen-bond acceptors (Lipinski definition) is 6. The van der Waals surface area contributed by atoms with Gasteiger partial charge in [0, 0.05) is 30.2 Å². The number of ether oxygens (including phenoxy) is 1. The van der Waals surface area contributed by atoms with Crippen LogP contribution in [0.4, 0.5) is 5.00 Å². The molecule has 1 saturated heterocycles. The van der Waals surface area contributed by atoms with Crippen molar-refractivity contribution in [1.29, 1.82) is 0 Å². The van der Waals surface area contributed by atoms with E-state index in [1.165, 1.54) is 11.3 Å². The minimum Gasteiger partial charge on any atom is -0.378 e. The molecule has 0 aliphatic carbocycles. The van der Waals surface area contributed by atoms with Crippen molar-refractivity contribution in [3.8, 4) is 10.4 Å². The van der Waals surface area contributed by atoms with Crippen molar-refractivity contribution in [2.45, 2.75) is 20.8 Å². The Morgan fingerprint density at radius 2 is 1.82 bits per heavy atom. The molecule has 4 aromatic rings. The maximum absolute atomic E-state index is 13.5. The number of fused-ring (bicyclic) bond motifs is 1. The van der Waals surface area contributed by atoms with Crippen LogP contribution in [0.2, 0.25) is 0 Å². The first-order chi connectivity index (χ1) is 16.4. The summed E-state index contributed by atoms with van der Waals surface area (Å²) in [7, 11) is 0. The molecule has 4 heterocycles. The average molecular weight is 476 g/mol. The highest BCUT2D eigenvalue weighted by molar-refractivity contribution is 7.20. The van der Waals surface area contributed by atoms with Gasteiger partial charge in [0.2, 0.25) is 0 Å². The summed E-state index contributed by atoms with van der Waals surface area (Å²) in [5.41, 5.74) is 5.01. The Bertz CT molecular complexity index is 1390. The first-order valence-corrected chi connectivity index (χ1v) is 11.9. The summed E-state index contributed by atoms with van der Waals surface area (Å²) in [5.74, 6) is -0.417. The number of nitrogens with zero attached hydrogens (tertiary/aromatic N) is 4. The molecule has 0 bridgehead atoms. The number of carbonyl (C=O) groups is 2. The minimum absolute atomic E-state index is 0.0949. The van der Waals surface area contributed by atoms with E-state index < -0.39 is 0 Å². The van der Waals surface area contributed by atoms with Crippen molar-refractivity contribution in [1.82, 2.24) is 19.5 Å². The number of thiophene rings is 1. The molecule has 174 valence electrons. The molecule has 5 rings (SSSR count). The van der Waals surface area contributed by atoms with Crippen molar-refractivity contribution in [3.63, 3.8) is 0 Å². The van der Waals surface area contributed by atoms with Crippen LogP contribution in [0.25, 0.3) is 16.1 Å². The monoisotopic (exact) mass is 475 g/mol. The first-order valence-electron chi connectivity index (χ1n) is 11.1. The van der Waals surface area contributed by atoms with E-state index in [4.69, 9.17) is 4.74 Å². The average Bonchev–Trinajstić information content (AvgIpc) is 3.39. The highest BCUT2D eigenvalue weighted by atomic mass is 32.1. The van der Waals surface area contributed by atoms with Crippen LogP contribution in [0.1, 0.15) is 37.7 Å². The number of rotatable bonds is 4. The Hall–Kier alpha value is -3.56. The van der Waals surface area contributed by atoms with E-state index in [-0.39, 0.29) is 11.8 Å². The second-order valence-corrected chi connectivity index (χ2v) is 9.32.